The Balaban J connectivity index is 1.77. The van der Waals surface area contributed by atoms with Gasteiger partial charge in [-0.1, -0.05) is 12.8 Å². The lowest BCUT2D eigenvalue weighted by Crippen LogP contribution is -2.40. The Kier molecular flexibility index (Phi) is 5.05. The highest BCUT2D eigenvalue weighted by molar-refractivity contribution is 9.10. The third-order valence-electron chi connectivity index (χ3n) is 5.47. The number of carbonyl (C=O) groups excluding carboxylic acids is 1. The van der Waals surface area contributed by atoms with Crippen LogP contribution in [0.15, 0.2) is 27.7 Å². The summed E-state index contributed by atoms with van der Waals surface area (Å²) >= 11 is 3.38. The van der Waals surface area contributed by atoms with Gasteiger partial charge in [0.05, 0.1) is 23.7 Å². The van der Waals surface area contributed by atoms with Crippen molar-refractivity contribution < 1.29 is 4.79 Å². The minimum absolute atomic E-state index is 0.0965. The zero-order valence-corrected chi connectivity index (χ0v) is 17.5. The van der Waals surface area contributed by atoms with E-state index in [4.69, 9.17) is 0 Å². The van der Waals surface area contributed by atoms with Gasteiger partial charge in [-0.2, -0.15) is 5.10 Å². The molecule has 3 aromatic heterocycles. The van der Waals surface area contributed by atoms with E-state index in [0.717, 1.165) is 36.9 Å². The van der Waals surface area contributed by atoms with Gasteiger partial charge in [-0.05, 0) is 60.3 Å². The van der Waals surface area contributed by atoms with Gasteiger partial charge in [0, 0.05) is 17.3 Å². The summed E-state index contributed by atoms with van der Waals surface area (Å²) in [5, 5.41) is 7.54. The van der Waals surface area contributed by atoms with Crippen LogP contribution in [0.5, 0.6) is 0 Å². The average Bonchev–Trinajstić information content (AvgIpc) is 3.31. The summed E-state index contributed by atoms with van der Waals surface area (Å²) < 4.78 is 0.573. The number of aromatic nitrogens is 4. The third kappa shape index (κ3) is 3.48. The zero-order chi connectivity index (χ0) is 19.8. The molecule has 0 aromatic carbocycles. The molecule has 2 N–H and O–H groups in total. The third-order valence-corrected chi connectivity index (χ3v) is 5.88. The lowest BCUT2D eigenvalue weighted by Gasteiger charge is -2.29. The first kappa shape index (κ1) is 18.9. The van der Waals surface area contributed by atoms with E-state index in [-0.39, 0.29) is 17.5 Å². The molecule has 4 rings (SSSR count). The fraction of sp³-hybridized carbons (Fsp3) is 0.400. The Morgan fingerprint density at radius 3 is 2.75 bits per heavy atom. The van der Waals surface area contributed by atoms with Crippen molar-refractivity contribution in [1.29, 1.82) is 0 Å². The number of aromatic amines is 2. The number of halogens is 1. The summed E-state index contributed by atoms with van der Waals surface area (Å²) in [4.78, 5) is 35.2. The van der Waals surface area contributed by atoms with Gasteiger partial charge in [0.2, 0.25) is 0 Å². The number of aryl methyl sites for hydroxylation is 2. The maximum Gasteiger partial charge on any atom is 0.255 e. The molecule has 28 heavy (non-hydrogen) atoms. The summed E-state index contributed by atoms with van der Waals surface area (Å²) in [5.74, 6) is -0.0965. The quantitative estimate of drug-likeness (QED) is 0.601. The molecular weight excluding hydrogens is 422 g/mol. The molecule has 1 aliphatic rings. The van der Waals surface area contributed by atoms with Crippen LogP contribution in [-0.2, 0) is 6.54 Å². The van der Waals surface area contributed by atoms with Crippen LogP contribution in [0.2, 0.25) is 0 Å². The van der Waals surface area contributed by atoms with Gasteiger partial charge in [-0.15, -0.1) is 0 Å². The number of H-pyrrole nitrogens is 2. The molecule has 0 radical (unpaired) electrons. The average molecular weight is 444 g/mol. The van der Waals surface area contributed by atoms with Crippen LogP contribution in [0.1, 0.15) is 52.9 Å². The van der Waals surface area contributed by atoms with Gasteiger partial charge >= 0.3 is 0 Å². The van der Waals surface area contributed by atoms with Crippen molar-refractivity contribution in [2.24, 2.45) is 0 Å². The van der Waals surface area contributed by atoms with Crippen molar-refractivity contribution in [3.63, 3.8) is 0 Å². The van der Waals surface area contributed by atoms with E-state index in [1.165, 1.54) is 0 Å². The number of hydrogen-bond donors (Lipinski definition) is 2. The van der Waals surface area contributed by atoms with Gasteiger partial charge in [-0.25, -0.2) is 4.98 Å². The number of hydrogen-bond acceptors (Lipinski definition) is 4. The number of carbonyl (C=O) groups is 1. The van der Waals surface area contributed by atoms with Crippen molar-refractivity contribution in [3.8, 4) is 0 Å². The van der Waals surface area contributed by atoms with E-state index >= 15 is 0 Å². The van der Waals surface area contributed by atoms with Crippen molar-refractivity contribution in [3.05, 3.63) is 55.7 Å². The largest absolute Gasteiger partial charge is 0.331 e. The lowest BCUT2D eigenvalue weighted by molar-refractivity contribution is 0.0665. The standard InChI is InChI=1S/C20H22BrN5O2/c1-11-7-12(2)23-19(27)16(11)10-26(13-5-3-4-6-13)20(28)14-8-17(21)24-18-15(14)9-22-25-18/h7-9,13H,3-6,10H2,1-2H3,(H,23,27)(H,22,24,25). The number of pyridine rings is 2. The minimum atomic E-state index is -0.127. The van der Waals surface area contributed by atoms with Crippen molar-refractivity contribution in [1.82, 2.24) is 25.1 Å². The van der Waals surface area contributed by atoms with Crippen molar-refractivity contribution in [2.45, 2.75) is 52.1 Å². The molecule has 1 amide bonds. The Hall–Kier alpha value is -2.48. The highest BCUT2D eigenvalue weighted by Crippen LogP contribution is 2.29. The van der Waals surface area contributed by atoms with E-state index in [2.05, 4.69) is 36.1 Å². The number of nitrogens with zero attached hydrogens (tertiary/aromatic N) is 3. The maximum absolute atomic E-state index is 13.6. The lowest BCUT2D eigenvalue weighted by atomic mass is 10.1. The molecule has 3 heterocycles. The Morgan fingerprint density at radius 1 is 1.29 bits per heavy atom. The highest BCUT2D eigenvalue weighted by Gasteiger charge is 2.30. The Morgan fingerprint density at radius 2 is 2.04 bits per heavy atom. The number of amides is 1. The summed E-state index contributed by atoms with van der Waals surface area (Å²) in [6.07, 6.45) is 5.72. The highest BCUT2D eigenvalue weighted by atomic mass is 79.9. The first-order valence-electron chi connectivity index (χ1n) is 9.44. The van der Waals surface area contributed by atoms with Gasteiger partial charge in [0.15, 0.2) is 5.65 Å². The van der Waals surface area contributed by atoms with Crippen molar-refractivity contribution in [2.75, 3.05) is 0 Å². The van der Waals surface area contributed by atoms with Crippen LogP contribution in [-0.4, -0.2) is 37.0 Å². The SMILES string of the molecule is Cc1cc(C)c(CN(C(=O)c2cc(Br)nc3[nH]ncc23)C2CCCC2)c(=O)[nH]1. The van der Waals surface area contributed by atoms with Gasteiger partial charge in [-0.3, -0.25) is 14.7 Å². The number of rotatable bonds is 4. The molecule has 146 valence electrons. The predicted molar refractivity (Wildman–Crippen MR) is 110 cm³/mol. The van der Waals surface area contributed by atoms with E-state index in [9.17, 15) is 9.59 Å². The maximum atomic E-state index is 13.6. The Bertz CT molecular complexity index is 1100. The second-order valence-electron chi connectivity index (χ2n) is 7.44. The molecule has 3 aromatic rings. The molecule has 0 bridgehead atoms. The summed E-state index contributed by atoms with van der Waals surface area (Å²) in [6, 6.07) is 3.81. The fourth-order valence-corrected chi connectivity index (χ4v) is 4.47. The molecule has 1 fully saturated rings. The van der Waals surface area contributed by atoms with E-state index < -0.39 is 0 Å². The smallest absolute Gasteiger partial charge is 0.255 e. The van der Waals surface area contributed by atoms with Gasteiger partial charge in [0.25, 0.3) is 11.5 Å². The number of nitrogens with one attached hydrogen (secondary N) is 2. The summed E-state index contributed by atoms with van der Waals surface area (Å²) in [7, 11) is 0. The molecule has 7 nitrogen and oxygen atoms in total. The van der Waals surface area contributed by atoms with Gasteiger partial charge < -0.3 is 9.88 Å². The molecule has 0 saturated heterocycles. The topological polar surface area (TPSA) is 94.7 Å². The monoisotopic (exact) mass is 443 g/mol. The molecule has 0 atom stereocenters. The zero-order valence-electron chi connectivity index (χ0n) is 15.9. The minimum Gasteiger partial charge on any atom is -0.331 e. The summed E-state index contributed by atoms with van der Waals surface area (Å²) in [6.45, 7) is 4.08. The number of fused-ring (bicyclic) bond motifs is 1. The van der Waals surface area contributed by atoms with E-state index in [1.54, 1.807) is 12.3 Å². The second-order valence-corrected chi connectivity index (χ2v) is 8.25. The van der Waals surface area contributed by atoms with Crippen LogP contribution in [0, 0.1) is 13.8 Å². The molecule has 8 heteroatoms. The van der Waals surface area contributed by atoms with Crippen molar-refractivity contribution >= 4 is 32.9 Å². The predicted octanol–water partition coefficient (Wildman–Crippen LogP) is 3.61. The normalized spacial score (nSPS) is 14.7. The Labute approximate surface area is 170 Å². The van der Waals surface area contributed by atoms with Crippen LogP contribution >= 0.6 is 15.9 Å². The van der Waals surface area contributed by atoms with Crippen LogP contribution in [0.4, 0.5) is 0 Å². The fourth-order valence-electron chi connectivity index (χ4n) is 4.06. The van der Waals surface area contributed by atoms with E-state index in [0.29, 0.717) is 33.3 Å². The van der Waals surface area contributed by atoms with Crippen LogP contribution in [0.25, 0.3) is 11.0 Å². The van der Waals surface area contributed by atoms with Gasteiger partial charge in [0.1, 0.15) is 4.60 Å². The molecule has 1 saturated carbocycles. The van der Waals surface area contributed by atoms with E-state index in [1.807, 2.05) is 24.8 Å². The molecule has 0 aliphatic heterocycles. The first-order chi connectivity index (χ1) is 13.4. The first-order valence-corrected chi connectivity index (χ1v) is 10.2. The summed E-state index contributed by atoms with van der Waals surface area (Å²) in [5.41, 5.74) is 3.34. The molecule has 0 spiro atoms. The molecule has 0 unspecified atom stereocenters. The molecule has 1 aliphatic carbocycles. The van der Waals surface area contributed by atoms with Crippen LogP contribution in [0.3, 0.4) is 0 Å². The molecular formula is C20H22BrN5O2. The second kappa shape index (κ2) is 7.50. The van der Waals surface area contributed by atoms with Crippen LogP contribution < -0.4 is 5.56 Å².